The van der Waals surface area contributed by atoms with Crippen LogP contribution in [0.2, 0.25) is 0 Å². The summed E-state index contributed by atoms with van der Waals surface area (Å²) < 4.78 is 38.1. The summed E-state index contributed by atoms with van der Waals surface area (Å²) >= 11 is 1.53. The second-order valence-electron chi connectivity index (χ2n) is 6.32. The Labute approximate surface area is 152 Å². The lowest BCUT2D eigenvalue weighted by molar-refractivity contribution is -0.141. The van der Waals surface area contributed by atoms with Gasteiger partial charge in [-0.3, -0.25) is 4.98 Å². The van der Waals surface area contributed by atoms with Gasteiger partial charge in [-0.25, -0.2) is 4.98 Å². The smallest absolute Gasteiger partial charge is 0.379 e. The molecule has 0 radical (unpaired) electrons. The molecule has 1 fully saturated rings. The van der Waals surface area contributed by atoms with Crippen LogP contribution in [-0.4, -0.2) is 9.97 Å². The maximum Gasteiger partial charge on any atom is 0.433 e. The van der Waals surface area contributed by atoms with Gasteiger partial charge in [-0.2, -0.15) is 13.2 Å². The lowest BCUT2D eigenvalue weighted by Gasteiger charge is -2.08. The fourth-order valence-corrected chi connectivity index (χ4v) is 3.55. The fourth-order valence-electron chi connectivity index (χ4n) is 2.72. The topological polar surface area (TPSA) is 37.8 Å². The van der Waals surface area contributed by atoms with Crippen LogP contribution in [-0.2, 0) is 12.7 Å². The molecule has 1 aromatic carbocycles. The van der Waals surface area contributed by atoms with Crippen LogP contribution in [0.1, 0.15) is 35.7 Å². The van der Waals surface area contributed by atoms with Crippen LogP contribution in [0.15, 0.2) is 48.0 Å². The molecule has 2 aromatic heterocycles. The van der Waals surface area contributed by atoms with E-state index < -0.39 is 11.9 Å². The summed E-state index contributed by atoms with van der Waals surface area (Å²) in [7, 11) is 0. The number of nitrogens with zero attached hydrogens (tertiary/aromatic N) is 2. The van der Waals surface area contributed by atoms with Crippen molar-refractivity contribution in [1.82, 2.24) is 9.97 Å². The molecule has 1 aliphatic carbocycles. The number of pyridine rings is 1. The number of aromatic nitrogens is 2. The Hall–Kier alpha value is -2.41. The first-order valence-corrected chi connectivity index (χ1v) is 9.19. The van der Waals surface area contributed by atoms with E-state index in [0.29, 0.717) is 12.2 Å². The van der Waals surface area contributed by atoms with Crippen LogP contribution >= 0.6 is 11.3 Å². The normalized spacial score (nSPS) is 14.4. The molecule has 0 atom stereocenters. The van der Waals surface area contributed by atoms with Crippen molar-refractivity contribution < 1.29 is 13.2 Å². The quantitative estimate of drug-likeness (QED) is 0.620. The van der Waals surface area contributed by atoms with Crippen molar-refractivity contribution in [1.29, 1.82) is 0 Å². The largest absolute Gasteiger partial charge is 0.433 e. The maximum absolute atomic E-state index is 12.7. The highest BCUT2D eigenvalue weighted by Crippen LogP contribution is 2.40. The minimum Gasteiger partial charge on any atom is -0.379 e. The number of anilines is 1. The molecule has 0 saturated heterocycles. The Morgan fingerprint density at radius 2 is 1.88 bits per heavy atom. The van der Waals surface area contributed by atoms with Gasteiger partial charge in [-0.05, 0) is 36.5 Å². The molecule has 134 valence electrons. The van der Waals surface area contributed by atoms with E-state index in [-0.39, 0.29) is 0 Å². The van der Waals surface area contributed by atoms with Gasteiger partial charge in [0.15, 0.2) is 0 Å². The third-order valence-electron chi connectivity index (χ3n) is 4.28. The summed E-state index contributed by atoms with van der Waals surface area (Å²) in [5, 5.41) is 5.81. The van der Waals surface area contributed by atoms with Gasteiger partial charge < -0.3 is 5.32 Å². The van der Waals surface area contributed by atoms with Gasteiger partial charge in [0.05, 0.1) is 12.2 Å². The van der Waals surface area contributed by atoms with Crippen molar-refractivity contribution in [3.63, 3.8) is 0 Å². The van der Waals surface area contributed by atoms with E-state index in [1.165, 1.54) is 35.8 Å². The summed E-state index contributed by atoms with van der Waals surface area (Å²) in [6, 6.07) is 11.0. The molecule has 0 aliphatic heterocycles. The third-order valence-corrected chi connectivity index (χ3v) is 5.22. The first-order chi connectivity index (χ1) is 12.5. The van der Waals surface area contributed by atoms with Gasteiger partial charge in [0.25, 0.3) is 0 Å². The van der Waals surface area contributed by atoms with Crippen molar-refractivity contribution in [3.8, 4) is 10.6 Å². The van der Waals surface area contributed by atoms with E-state index >= 15 is 0 Å². The number of halogens is 3. The van der Waals surface area contributed by atoms with Crippen molar-refractivity contribution in [2.75, 3.05) is 5.32 Å². The van der Waals surface area contributed by atoms with Crippen LogP contribution in [0.5, 0.6) is 0 Å². The lowest BCUT2D eigenvalue weighted by atomic mass is 10.1. The molecule has 7 heteroatoms. The van der Waals surface area contributed by atoms with Crippen molar-refractivity contribution >= 4 is 17.0 Å². The van der Waals surface area contributed by atoms with Gasteiger partial charge in [0, 0.05) is 22.8 Å². The lowest BCUT2D eigenvalue weighted by Crippen LogP contribution is -2.09. The summed E-state index contributed by atoms with van der Waals surface area (Å²) in [5.41, 5.74) is 2.70. The van der Waals surface area contributed by atoms with Crippen molar-refractivity contribution in [2.24, 2.45) is 0 Å². The standard InChI is InChI=1S/C19H16F3N3S/c20-19(21,22)17-9-15(7-8-23-17)24-10-16-11-26-18(25-16)14-5-3-13(4-6-14)12-1-2-12/h3-9,11-12H,1-2,10H2,(H,23,24). The number of rotatable bonds is 5. The van der Waals surface area contributed by atoms with E-state index in [9.17, 15) is 13.2 Å². The van der Waals surface area contributed by atoms with Crippen LogP contribution < -0.4 is 5.32 Å². The monoisotopic (exact) mass is 375 g/mol. The van der Waals surface area contributed by atoms with E-state index in [0.717, 1.165) is 34.4 Å². The first kappa shape index (κ1) is 17.0. The number of thiazole rings is 1. The minimum absolute atomic E-state index is 0.359. The molecule has 3 nitrogen and oxygen atoms in total. The van der Waals surface area contributed by atoms with Gasteiger partial charge in [-0.1, -0.05) is 24.3 Å². The molecule has 3 aromatic rings. The Bertz CT molecular complexity index is 899. The predicted molar refractivity (Wildman–Crippen MR) is 96.1 cm³/mol. The fraction of sp³-hybridized carbons (Fsp3) is 0.263. The molecule has 0 amide bonds. The SMILES string of the molecule is FC(F)(F)c1cc(NCc2csc(-c3ccc(C4CC4)cc3)n2)ccn1. The highest BCUT2D eigenvalue weighted by atomic mass is 32.1. The number of nitrogens with one attached hydrogen (secondary N) is 1. The van der Waals surface area contributed by atoms with Gasteiger partial charge in [-0.15, -0.1) is 11.3 Å². The Morgan fingerprint density at radius 3 is 2.58 bits per heavy atom. The Morgan fingerprint density at radius 1 is 1.12 bits per heavy atom. The molecular formula is C19H16F3N3S. The Kier molecular flexibility index (Phi) is 4.40. The van der Waals surface area contributed by atoms with Gasteiger partial charge in [0.1, 0.15) is 10.7 Å². The van der Waals surface area contributed by atoms with E-state index in [4.69, 9.17) is 0 Å². The van der Waals surface area contributed by atoms with Crippen molar-refractivity contribution in [2.45, 2.75) is 31.5 Å². The second kappa shape index (κ2) is 6.72. The zero-order chi connectivity index (χ0) is 18.1. The average Bonchev–Trinajstić information content (AvgIpc) is 3.38. The molecule has 1 saturated carbocycles. The number of benzene rings is 1. The van der Waals surface area contributed by atoms with Crippen LogP contribution in [0.3, 0.4) is 0 Å². The third kappa shape index (κ3) is 3.88. The molecular weight excluding hydrogens is 359 g/mol. The van der Waals surface area contributed by atoms with Crippen LogP contribution in [0, 0.1) is 0 Å². The first-order valence-electron chi connectivity index (χ1n) is 8.31. The van der Waals surface area contributed by atoms with E-state index in [1.807, 2.05) is 5.38 Å². The van der Waals surface area contributed by atoms with Crippen LogP contribution in [0.25, 0.3) is 10.6 Å². The Balaban J connectivity index is 1.42. The highest BCUT2D eigenvalue weighted by molar-refractivity contribution is 7.13. The highest BCUT2D eigenvalue weighted by Gasteiger charge is 2.32. The van der Waals surface area contributed by atoms with Crippen LogP contribution in [0.4, 0.5) is 18.9 Å². The molecule has 0 spiro atoms. The molecule has 4 rings (SSSR count). The second-order valence-corrected chi connectivity index (χ2v) is 7.18. The molecule has 2 heterocycles. The zero-order valence-corrected chi connectivity index (χ0v) is 14.6. The predicted octanol–water partition coefficient (Wildman–Crippen LogP) is 5.71. The number of hydrogen-bond acceptors (Lipinski definition) is 4. The molecule has 1 N–H and O–H groups in total. The zero-order valence-electron chi connectivity index (χ0n) is 13.8. The summed E-state index contributed by atoms with van der Waals surface area (Å²) in [5.74, 6) is 0.724. The molecule has 1 aliphatic rings. The number of hydrogen-bond donors (Lipinski definition) is 1. The van der Waals surface area contributed by atoms with Gasteiger partial charge >= 0.3 is 6.18 Å². The molecule has 0 bridgehead atoms. The van der Waals surface area contributed by atoms with E-state index in [1.54, 1.807) is 0 Å². The number of alkyl halides is 3. The summed E-state index contributed by atoms with van der Waals surface area (Å²) in [6.45, 7) is 0.359. The summed E-state index contributed by atoms with van der Waals surface area (Å²) in [6.07, 6.45) is -0.744. The maximum atomic E-state index is 12.7. The van der Waals surface area contributed by atoms with E-state index in [2.05, 4.69) is 39.6 Å². The van der Waals surface area contributed by atoms with Gasteiger partial charge in [0.2, 0.25) is 0 Å². The molecule has 26 heavy (non-hydrogen) atoms. The minimum atomic E-state index is -4.45. The summed E-state index contributed by atoms with van der Waals surface area (Å²) in [4.78, 5) is 7.93. The average molecular weight is 375 g/mol. The molecule has 0 unspecified atom stereocenters. The van der Waals surface area contributed by atoms with Crippen molar-refractivity contribution in [3.05, 3.63) is 64.9 Å².